The first kappa shape index (κ1) is 15.3. The van der Waals surface area contributed by atoms with Crippen LogP contribution >= 0.6 is 0 Å². The van der Waals surface area contributed by atoms with Gasteiger partial charge in [0, 0.05) is 12.6 Å². The summed E-state index contributed by atoms with van der Waals surface area (Å²) in [6, 6.07) is 0.400. The second kappa shape index (κ2) is 5.73. The van der Waals surface area contributed by atoms with E-state index in [0.29, 0.717) is 16.9 Å². The zero-order valence-corrected chi connectivity index (χ0v) is 13.5. The van der Waals surface area contributed by atoms with E-state index < -0.39 is 0 Å². The van der Waals surface area contributed by atoms with Crippen LogP contribution in [-0.4, -0.2) is 30.6 Å². The molecule has 1 saturated heterocycles. The van der Waals surface area contributed by atoms with Crippen LogP contribution in [-0.2, 0) is 0 Å². The van der Waals surface area contributed by atoms with Crippen LogP contribution in [0.4, 0.5) is 0 Å². The molecule has 0 aromatic rings. The summed E-state index contributed by atoms with van der Waals surface area (Å²) in [5, 5.41) is 0. The molecule has 1 saturated carbocycles. The molecule has 0 spiro atoms. The van der Waals surface area contributed by atoms with Gasteiger partial charge in [0.2, 0.25) is 0 Å². The molecule has 0 amide bonds. The normalized spacial score (nSPS) is 34.6. The maximum absolute atomic E-state index is 6.45. The Morgan fingerprint density at radius 3 is 2.05 bits per heavy atom. The van der Waals surface area contributed by atoms with Crippen LogP contribution < -0.4 is 5.73 Å². The number of hydrogen-bond donors (Lipinski definition) is 1. The minimum atomic E-state index is 0.358. The van der Waals surface area contributed by atoms with Gasteiger partial charge in [-0.25, -0.2) is 0 Å². The average molecular weight is 266 g/mol. The van der Waals surface area contributed by atoms with Crippen LogP contribution in [0.1, 0.15) is 66.2 Å². The van der Waals surface area contributed by atoms with Crippen LogP contribution in [0.2, 0.25) is 0 Å². The minimum Gasteiger partial charge on any atom is -0.327 e. The van der Waals surface area contributed by atoms with E-state index in [4.69, 9.17) is 5.73 Å². The summed E-state index contributed by atoms with van der Waals surface area (Å²) in [6.45, 7) is 13.3. The molecule has 1 aliphatic heterocycles. The van der Waals surface area contributed by atoms with E-state index in [-0.39, 0.29) is 0 Å². The highest BCUT2D eigenvalue weighted by Gasteiger charge is 2.40. The highest BCUT2D eigenvalue weighted by atomic mass is 15.1. The van der Waals surface area contributed by atoms with Crippen LogP contribution in [0.25, 0.3) is 0 Å². The SMILES string of the molecule is CCC1(CC)CCN(CC2CCC(C)(C)C2N)CC1. The first-order chi connectivity index (χ1) is 8.92. The first-order valence-corrected chi connectivity index (χ1v) is 8.40. The smallest absolute Gasteiger partial charge is 0.0131 e. The van der Waals surface area contributed by atoms with Gasteiger partial charge in [0.1, 0.15) is 0 Å². The Labute approximate surface area is 120 Å². The molecule has 2 unspecified atom stereocenters. The topological polar surface area (TPSA) is 29.3 Å². The Hall–Kier alpha value is -0.0800. The molecule has 112 valence electrons. The van der Waals surface area contributed by atoms with Gasteiger partial charge in [-0.2, -0.15) is 0 Å². The number of nitrogens with zero attached hydrogens (tertiary/aromatic N) is 1. The quantitative estimate of drug-likeness (QED) is 0.841. The van der Waals surface area contributed by atoms with Gasteiger partial charge >= 0.3 is 0 Å². The zero-order chi connectivity index (χ0) is 14.1. The lowest BCUT2D eigenvalue weighted by Crippen LogP contribution is -2.46. The fourth-order valence-corrected chi connectivity index (χ4v) is 4.25. The summed E-state index contributed by atoms with van der Waals surface area (Å²) in [5.74, 6) is 0.728. The fraction of sp³-hybridized carbons (Fsp3) is 1.00. The van der Waals surface area contributed by atoms with E-state index in [0.717, 1.165) is 5.92 Å². The van der Waals surface area contributed by atoms with Gasteiger partial charge in [-0.05, 0) is 55.5 Å². The van der Waals surface area contributed by atoms with Gasteiger partial charge in [-0.3, -0.25) is 0 Å². The molecule has 2 rings (SSSR count). The molecule has 0 bridgehead atoms. The van der Waals surface area contributed by atoms with Crippen molar-refractivity contribution in [2.75, 3.05) is 19.6 Å². The number of rotatable bonds is 4. The predicted octanol–water partition coefficient (Wildman–Crippen LogP) is 3.65. The lowest BCUT2D eigenvalue weighted by molar-refractivity contribution is 0.0809. The van der Waals surface area contributed by atoms with Crippen molar-refractivity contribution >= 4 is 0 Å². The Bertz CT molecular complexity index is 284. The van der Waals surface area contributed by atoms with Crippen molar-refractivity contribution in [3.63, 3.8) is 0 Å². The second-order valence-electron chi connectivity index (χ2n) is 7.82. The summed E-state index contributed by atoms with van der Waals surface area (Å²) in [5.41, 5.74) is 7.46. The lowest BCUT2D eigenvalue weighted by Gasteiger charge is -2.42. The molecule has 1 heterocycles. The van der Waals surface area contributed by atoms with Gasteiger partial charge in [-0.1, -0.05) is 40.5 Å². The van der Waals surface area contributed by atoms with E-state index in [1.165, 1.54) is 58.2 Å². The largest absolute Gasteiger partial charge is 0.327 e. The third-order valence-corrected chi connectivity index (χ3v) is 6.48. The summed E-state index contributed by atoms with van der Waals surface area (Å²) in [4.78, 5) is 2.69. The molecule has 1 aliphatic carbocycles. The van der Waals surface area contributed by atoms with E-state index in [1.54, 1.807) is 0 Å². The van der Waals surface area contributed by atoms with Gasteiger partial charge in [0.25, 0.3) is 0 Å². The van der Waals surface area contributed by atoms with Gasteiger partial charge in [0.05, 0.1) is 0 Å². The maximum atomic E-state index is 6.45. The molecule has 2 fully saturated rings. The molecule has 2 nitrogen and oxygen atoms in total. The molecule has 2 atom stereocenters. The first-order valence-electron chi connectivity index (χ1n) is 8.40. The van der Waals surface area contributed by atoms with Crippen LogP contribution in [0.5, 0.6) is 0 Å². The Kier molecular flexibility index (Phi) is 4.62. The van der Waals surface area contributed by atoms with Crippen molar-refractivity contribution in [2.45, 2.75) is 72.3 Å². The number of piperidine rings is 1. The molecule has 0 aromatic heterocycles. The monoisotopic (exact) mass is 266 g/mol. The van der Waals surface area contributed by atoms with E-state index >= 15 is 0 Å². The average Bonchev–Trinajstić information content (AvgIpc) is 2.67. The molecule has 2 heteroatoms. The Morgan fingerprint density at radius 1 is 1.05 bits per heavy atom. The van der Waals surface area contributed by atoms with Crippen molar-refractivity contribution < 1.29 is 0 Å². The van der Waals surface area contributed by atoms with Crippen LogP contribution in [0.15, 0.2) is 0 Å². The Morgan fingerprint density at radius 2 is 1.63 bits per heavy atom. The molecule has 0 radical (unpaired) electrons. The van der Waals surface area contributed by atoms with E-state index in [2.05, 4.69) is 32.6 Å². The van der Waals surface area contributed by atoms with Crippen molar-refractivity contribution in [3.05, 3.63) is 0 Å². The number of hydrogen-bond acceptors (Lipinski definition) is 2. The third-order valence-electron chi connectivity index (χ3n) is 6.48. The summed E-state index contributed by atoms with van der Waals surface area (Å²) in [6.07, 6.45) is 8.13. The molecular formula is C17H34N2. The van der Waals surface area contributed by atoms with Crippen molar-refractivity contribution in [1.29, 1.82) is 0 Å². The lowest BCUT2D eigenvalue weighted by atomic mass is 9.74. The van der Waals surface area contributed by atoms with Gasteiger partial charge in [0.15, 0.2) is 0 Å². The summed E-state index contributed by atoms with van der Waals surface area (Å²) >= 11 is 0. The van der Waals surface area contributed by atoms with E-state index in [1.807, 2.05) is 0 Å². The van der Waals surface area contributed by atoms with Crippen molar-refractivity contribution in [3.8, 4) is 0 Å². The van der Waals surface area contributed by atoms with E-state index in [9.17, 15) is 0 Å². The van der Waals surface area contributed by atoms with Crippen molar-refractivity contribution in [2.24, 2.45) is 22.5 Å². The molecule has 2 aliphatic rings. The van der Waals surface area contributed by atoms with Gasteiger partial charge < -0.3 is 10.6 Å². The molecule has 0 aromatic carbocycles. The number of nitrogens with two attached hydrogens (primary N) is 1. The standard InChI is InChI=1S/C17H34N2/c1-5-17(6-2)9-11-19(12-10-17)13-14-7-8-16(3,4)15(14)18/h14-15H,5-13,18H2,1-4H3. The Balaban J connectivity index is 1.84. The molecule has 19 heavy (non-hydrogen) atoms. The summed E-state index contributed by atoms with van der Waals surface area (Å²) in [7, 11) is 0. The van der Waals surface area contributed by atoms with Gasteiger partial charge in [-0.15, -0.1) is 0 Å². The molecular weight excluding hydrogens is 232 g/mol. The highest BCUT2D eigenvalue weighted by molar-refractivity contribution is 4.96. The minimum absolute atomic E-state index is 0.358. The number of likely N-dealkylation sites (tertiary alicyclic amines) is 1. The fourth-order valence-electron chi connectivity index (χ4n) is 4.25. The molecule has 2 N–H and O–H groups in total. The van der Waals surface area contributed by atoms with Crippen LogP contribution in [0.3, 0.4) is 0 Å². The third kappa shape index (κ3) is 3.16. The predicted molar refractivity (Wildman–Crippen MR) is 83.2 cm³/mol. The highest BCUT2D eigenvalue weighted by Crippen LogP contribution is 2.42. The second-order valence-corrected chi connectivity index (χ2v) is 7.82. The van der Waals surface area contributed by atoms with Crippen LogP contribution in [0, 0.1) is 16.7 Å². The zero-order valence-electron chi connectivity index (χ0n) is 13.5. The van der Waals surface area contributed by atoms with Crippen molar-refractivity contribution in [1.82, 2.24) is 4.90 Å². The summed E-state index contributed by atoms with van der Waals surface area (Å²) < 4.78 is 0. The maximum Gasteiger partial charge on any atom is 0.0131 e.